The minimum atomic E-state index is -3.65. The summed E-state index contributed by atoms with van der Waals surface area (Å²) < 4.78 is 34.1. The maximum absolute atomic E-state index is 13.6. The van der Waals surface area contributed by atoms with E-state index in [9.17, 15) is 13.5 Å². The molecular weight excluding hydrogens is 460 g/mol. The topological polar surface area (TPSA) is 70.1 Å². The van der Waals surface area contributed by atoms with E-state index in [0.29, 0.717) is 18.8 Å². The van der Waals surface area contributed by atoms with Crippen molar-refractivity contribution in [1.29, 1.82) is 0 Å². The number of methoxy groups -OCH3 is 1. The molecule has 0 amide bonds. The minimum Gasteiger partial charge on any atom is -0.497 e. The summed E-state index contributed by atoms with van der Waals surface area (Å²) in [5.41, 5.74) is 3.90. The third kappa shape index (κ3) is 4.79. The number of hydrogen-bond donors (Lipinski definition) is 1. The monoisotopic (exact) mass is 496 g/mol. The molecule has 0 spiro atoms. The number of benzene rings is 2. The first kappa shape index (κ1) is 24.5. The minimum absolute atomic E-state index is 0.0271. The van der Waals surface area contributed by atoms with E-state index in [4.69, 9.17) is 4.74 Å². The van der Waals surface area contributed by atoms with E-state index >= 15 is 0 Å². The van der Waals surface area contributed by atoms with Gasteiger partial charge in [0, 0.05) is 37.2 Å². The highest BCUT2D eigenvalue weighted by Gasteiger charge is 2.50. The van der Waals surface area contributed by atoms with E-state index in [1.807, 2.05) is 0 Å². The van der Waals surface area contributed by atoms with Gasteiger partial charge in [0.15, 0.2) is 0 Å². The lowest BCUT2D eigenvalue weighted by atomic mass is 9.74. The van der Waals surface area contributed by atoms with Crippen LogP contribution in [-0.4, -0.2) is 68.2 Å². The molecule has 188 valence electrons. The third-order valence-corrected chi connectivity index (χ3v) is 9.83. The molecule has 1 aliphatic carbocycles. The largest absolute Gasteiger partial charge is 0.497 e. The molecule has 0 saturated carbocycles. The van der Waals surface area contributed by atoms with Crippen LogP contribution in [-0.2, 0) is 10.0 Å². The zero-order valence-corrected chi connectivity index (χ0v) is 21.3. The van der Waals surface area contributed by atoms with Crippen molar-refractivity contribution in [3.8, 4) is 5.75 Å². The molecule has 0 aromatic heterocycles. The van der Waals surface area contributed by atoms with Crippen LogP contribution in [0.3, 0.4) is 0 Å². The summed E-state index contributed by atoms with van der Waals surface area (Å²) in [6, 6.07) is 15.6. The predicted octanol–water partition coefficient (Wildman–Crippen LogP) is 4.27. The standard InChI is InChI=1S/C28H36N2O4S/c1-34-24-10-7-11-25(18-24)35(32,33)29-16-5-6-17-30-26(19-29)28(27(30)20-31)23-14-12-22(13-15-23)21-8-3-2-4-9-21/h7-8,10-15,18,26-28,31H,2-6,9,16-17,19-20H2,1H3/t26-,27+,28-/m1/s1. The Labute approximate surface area is 209 Å². The maximum atomic E-state index is 13.6. The van der Waals surface area contributed by atoms with E-state index < -0.39 is 10.0 Å². The lowest BCUT2D eigenvalue weighted by Crippen LogP contribution is -2.67. The average molecular weight is 497 g/mol. The van der Waals surface area contributed by atoms with Gasteiger partial charge in [-0.25, -0.2) is 8.42 Å². The van der Waals surface area contributed by atoms with Gasteiger partial charge in [0.25, 0.3) is 0 Å². The lowest BCUT2D eigenvalue weighted by Gasteiger charge is -2.57. The smallest absolute Gasteiger partial charge is 0.243 e. The van der Waals surface area contributed by atoms with Crippen molar-refractivity contribution in [3.63, 3.8) is 0 Å². The van der Waals surface area contributed by atoms with Crippen molar-refractivity contribution in [2.45, 2.75) is 61.4 Å². The maximum Gasteiger partial charge on any atom is 0.243 e. The van der Waals surface area contributed by atoms with E-state index in [-0.39, 0.29) is 29.5 Å². The highest BCUT2D eigenvalue weighted by molar-refractivity contribution is 7.89. The molecule has 2 aromatic carbocycles. The molecule has 5 rings (SSSR count). The molecule has 0 bridgehead atoms. The summed E-state index contributed by atoms with van der Waals surface area (Å²) in [6.45, 7) is 1.90. The normalized spacial score (nSPS) is 26.1. The summed E-state index contributed by atoms with van der Waals surface area (Å²) in [5, 5.41) is 10.2. The van der Waals surface area contributed by atoms with Gasteiger partial charge in [0.2, 0.25) is 10.0 Å². The van der Waals surface area contributed by atoms with Crippen LogP contribution < -0.4 is 4.74 Å². The Morgan fingerprint density at radius 3 is 2.54 bits per heavy atom. The highest BCUT2D eigenvalue weighted by atomic mass is 32.2. The van der Waals surface area contributed by atoms with Crippen LogP contribution in [0.25, 0.3) is 5.57 Å². The predicted molar refractivity (Wildman–Crippen MR) is 138 cm³/mol. The zero-order valence-electron chi connectivity index (χ0n) is 20.5. The molecule has 2 saturated heterocycles. The second kappa shape index (κ2) is 10.4. The number of ether oxygens (including phenoxy) is 1. The first-order chi connectivity index (χ1) is 17.0. The molecule has 2 aliphatic heterocycles. The fourth-order valence-electron chi connectivity index (χ4n) is 6.06. The fraction of sp³-hybridized carbons (Fsp3) is 0.500. The Bertz CT molecular complexity index is 1160. The molecule has 2 aromatic rings. The second-order valence-corrected chi connectivity index (χ2v) is 11.9. The van der Waals surface area contributed by atoms with Gasteiger partial charge in [-0.05, 0) is 73.9 Å². The molecule has 2 heterocycles. The van der Waals surface area contributed by atoms with Crippen LogP contribution in [0.2, 0.25) is 0 Å². The highest BCUT2D eigenvalue weighted by Crippen LogP contribution is 2.43. The molecule has 2 fully saturated rings. The molecule has 3 atom stereocenters. The zero-order chi connectivity index (χ0) is 24.4. The summed E-state index contributed by atoms with van der Waals surface area (Å²) in [4.78, 5) is 2.58. The fourth-order valence-corrected chi connectivity index (χ4v) is 7.59. The summed E-state index contributed by atoms with van der Waals surface area (Å²) in [7, 11) is -2.11. The number of nitrogens with zero attached hydrogens (tertiary/aromatic N) is 2. The van der Waals surface area contributed by atoms with Gasteiger partial charge in [0.1, 0.15) is 5.75 Å². The number of allylic oxidation sites excluding steroid dienone is 2. The number of hydrogen-bond acceptors (Lipinski definition) is 5. The van der Waals surface area contributed by atoms with E-state index in [0.717, 1.165) is 32.2 Å². The molecule has 3 aliphatic rings. The van der Waals surface area contributed by atoms with Crippen LogP contribution in [0, 0.1) is 0 Å². The first-order valence-electron chi connectivity index (χ1n) is 12.8. The summed E-state index contributed by atoms with van der Waals surface area (Å²) in [6.07, 6.45) is 8.88. The van der Waals surface area contributed by atoms with Gasteiger partial charge in [0.05, 0.1) is 18.6 Å². The van der Waals surface area contributed by atoms with Gasteiger partial charge in [-0.3, -0.25) is 4.90 Å². The summed E-state index contributed by atoms with van der Waals surface area (Å²) >= 11 is 0. The van der Waals surface area contributed by atoms with Gasteiger partial charge in [-0.2, -0.15) is 4.31 Å². The number of rotatable bonds is 6. The Morgan fingerprint density at radius 1 is 1.03 bits per heavy atom. The van der Waals surface area contributed by atoms with Crippen molar-refractivity contribution in [2.24, 2.45) is 0 Å². The molecule has 6 nitrogen and oxygen atoms in total. The quantitative estimate of drug-likeness (QED) is 0.647. The van der Waals surface area contributed by atoms with Crippen molar-refractivity contribution < 1.29 is 18.3 Å². The Kier molecular flexibility index (Phi) is 7.30. The Hall–Kier alpha value is -2.19. The molecule has 0 radical (unpaired) electrons. The molecule has 1 N–H and O–H groups in total. The van der Waals surface area contributed by atoms with Crippen LogP contribution >= 0.6 is 0 Å². The van der Waals surface area contributed by atoms with Crippen LogP contribution in [0.5, 0.6) is 5.75 Å². The van der Waals surface area contributed by atoms with Gasteiger partial charge >= 0.3 is 0 Å². The van der Waals surface area contributed by atoms with Gasteiger partial charge in [-0.15, -0.1) is 0 Å². The second-order valence-electron chi connectivity index (χ2n) is 9.93. The van der Waals surface area contributed by atoms with E-state index in [1.54, 1.807) is 35.7 Å². The van der Waals surface area contributed by atoms with Gasteiger partial charge < -0.3 is 9.84 Å². The molecular formula is C28H36N2O4S. The first-order valence-corrected chi connectivity index (χ1v) is 14.3. The Morgan fingerprint density at radius 2 is 1.83 bits per heavy atom. The van der Waals surface area contributed by atoms with Crippen LogP contribution in [0.4, 0.5) is 0 Å². The third-order valence-electron chi connectivity index (χ3n) is 7.97. The van der Waals surface area contributed by atoms with E-state index in [1.165, 1.54) is 29.5 Å². The average Bonchev–Trinajstić information content (AvgIpc) is 2.88. The molecule has 7 heteroatoms. The molecule has 35 heavy (non-hydrogen) atoms. The number of fused-ring (bicyclic) bond motifs is 1. The number of aliphatic hydroxyl groups is 1. The number of sulfonamides is 1. The van der Waals surface area contributed by atoms with Crippen molar-refractivity contribution in [3.05, 3.63) is 65.7 Å². The number of aliphatic hydroxyl groups excluding tert-OH is 1. The summed E-state index contributed by atoms with van der Waals surface area (Å²) in [5.74, 6) is 0.644. The Balaban J connectivity index is 1.41. The van der Waals surface area contributed by atoms with E-state index in [2.05, 4.69) is 35.2 Å². The van der Waals surface area contributed by atoms with Crippen molar-refractivity contribution in [1.82, 2.24) is 9.21 Å². The van der Waals surface area contributed by atoms with Gasteiger partial charge in [-0.1, -0.05) is 36.4 Å². The van der Waals surface area contributed by atoms with Crippen molar-refractivity contribution in [2.75, 3.05) is 33.4 Å². The lowest BCUT2D eigenvalue weighted by molar-refractivity contribution is -0.0553. The molecule has 0 unspecified atom stereocenters. The van der Waals surface area contributed by atoms with Crippen molar-refractivity contribution >= 4 is 15.6 Å². The van der Waals surface area contributed by atoms with Crippen LogP contribution in [0.15, 0.2) is 59.5 Å². The van der Waals surface area contributed by atoms with Crippen LogP contribution in [0.1, 0.15) is 55.6 Å². The SMILES string of the molecule is COc1cccc(S(=O)(=O)N2CCCCN3[C@H](C2)[C@@H](c2ccc(C4=CCCCC4)cc2)[C@@H]3CO)c1.